The summed E-state index contributed by atoms with van der Waals surface area (Å²) in [5, 5.41) is 8.48. The summed E-state index contributed by atoms with van der Waals surface area (Å²) in [5.74, 6) is -2.10. The van der Waals surface area contributed by atoms with Gasteiger partial charge >= 0.3 is 12.3 Å². The van der Waals surface area contributed by atoms with Gasteiger partial charge < -0.3 is 9.84 Å². The van der Waals surface area contributed by atoms with E-state index in [1.807, 2.05) is 0 Å². The van der Waals surface area contributed by atoms with Crippen molar-refractivity contribution in [3.8, 4) is 5.75 Å². The Bertz CT molecular complexity index is 433. The normalized spacial score (nSPS) is 11.3. The average molecular weight is 319 g/mol. The summed E-state index contributed by atoms with van der Waals surface area (Å²) < 4.78 is 39.2. The van der Waals surface area contributed by atoms with Crippen molar-refractivity contribution in [2.45, 2.75) is 6.36 Å². The van der Waals surface area contributed by atoms with Crippen LogP contribution in [-0.2, 0) is 0 Å². The molecule has 16 heavy (non-hydrogen) atoms. The molecule has 0 spiro atoms. The summed E-state index contributed by atoms with van der Waals surface area (Å²) in [6.07, 6.45) is -4.89. The van der Waals surface area contributed by atoms with Gasteiger partial charge in [0.2, 0.25) is 0 Å². The van der Waals surface area contributed by atoms with Crippen LogP contribution in [0, 0.1) is 0 Å². The van der Waals surface area contributed by atoms with E-state index in [4.69, 9.17) is 16.7 Å². The van der Waals surface area contributed by atoms with Gasteiger partial charge in [-0.05, 0) is 28.1 Å². The molecule has 0 bridgehead atoms. The highest BCUT2D eigenvalue weighted by molar-refractivity contribution is 9.10. The van der Waals surface area contributed by atoms with E-state index in [1.165, 1.54) is 0 Å². The van der Waals surface area contributed by atoms with Gasteiger partial charge in [-0.15, -0.1) is 13.2 Å². The highest BCUT2D eigenvalue weighted by atomic mass is 79.9. The molecule has 0 heterocycles. The van der Waals surface area contributed by atoms with Crippen molar-refractivity contribution >= 4 is 33.5 Å². The quantitative estimate of drug-likeness (QED) is 0.904. The summed E-state index contributed by atoms with van der Waals surface area (Å²) >= 11 is 8.40. The van der Waals surface area contributed by atoms with E-state index in [1.54, 1.807) is 0 Å². The van der Waals surface area contributed by atoms with E-state index in [2.05, 4.69) is 20.7 Å². The number of halogens is 5. The Kier molecular flexibility index (Phi) is 3.69. The zero-order valence-electron chi connectivity index (χ0n) is 7.31. The van der Waals surface area contributed by atoms with Crippen LogP contribution in [0.4, 0.5) is 13.2 Å². The van der Waals surface area contributed by atoms with Crippen molar-refractivity contribution in [2.24, 2.45) is 0 Å². The summed E-state index contributed by atoms with van der Waals surface area (Å²) in [5.41, 5.74) is -0.477. The Hall–Kier alpha value is -0.950. The molecule has 0 radical (unpaired) electrons. The fraction of sp³-hybridized carbons (Fsp3) is 0.125. The zero-order valence-corrected chi connectivity index (χ0v) is 9.65. The number of alkyl halides is 3. The number of benzene rings is 1. The van der Waals surface area contributed by atoms with Crippen molar-refractivity contribution < 1.29 is 27.8 Å². The first-order valence-electron chi connectivity index (χ1n) is 3.69. The molecule has 1 N–H and O–H groups in total. The first-order chi connectivity index (χ1) is 7.20. The number of rotatable bonds is 2. The van der Waals surface area contributed by atoms with Gasteiger partial charge in [0.15, 0.2) is 0 Å². The number of ether oxygens (including phenoxy) is 1. The summed E-state index contributed by atoms with van der Waals surface area (Å²) in [4.78, 5) is 10.6. The Labute approximate surface area is 101 Å². The summed E-state index contributed by atoms with van der Waals surface area (Å²) in [6.45, 7) is 0. The molecule has 0 saturated carbocycles. The van der Waals surface area contributed by atoms with E-state index in [9.17, 15) is 18.0 Å². The van der Waals surface area contributed by atoms with Crippen molar-refractivity contribution in [3.05, 3.63) is 27.2 Å². The lowest BCUT2D eigenvalue weighted by Gasteiger charge is -2.10. The lowest BCUT2D eigenvalue weighted by Crippen LogP contribution is -2.17. The highest BCUT2D eigenvalue weighted by Crippen LogP contribution is 2.33. The maximum absolute atomic E-state index is 11.9. The van der Waals surface area contributed by atoms with Gasteiger partial charge in [0.25, 0.3) is 0 Å². The van der Waals surface area contributed by atoms with Gasteiger partial charge in [0.05, 0.1) is 10.6 Å². The Morgan fingerprint density at radius 2 is 2.00 bits per heavy atom. The number of aromatic carboxylic acids is 1. The predicted octanol–water partition coefficient (Wildman–Crippen LogP) is 3.70. The maximum Gasteiger partial charge on any atom is 0.573 e. The van der Waals surface area contributed by atoms with E-state index in [0.29, 0.717) is 6.07 Å². The van der Waals surface area contributed by atoms with E-state index in [0.717, 1.165) is 6.07 Å². The molecule has 0 atom stereocenters. The second-order valence-corrected chi connectivity index (χ2v) is 3.85. The second-order valence-electron chi connectivity index (χ2n) is 2.62. The van der Waals surface area contributed by atoms with E-state index < -0.39 is 23.6 Å². The molecule has 1 aromatic rings. The van der Waals surface area contributed by atoms with Crippen LogP contribution in [0.2, 0.25) is 5.02 Å². The van der Waals surface area contributed by atoms with Crippen molar-refractivity contribution in [2.75, 3.05) is 0 Å². The maximum atomic E-state index is 11.9. The molecule has 88 valence electrons. The van der Waals surface area contributed by atoms with Gasteiger partial charge in [-0.3, -0.25) is 0 Å². The molecule has 0 aliphatic heterocycles. The smallest absolute Gasteiger partial charge is 0.478 e. The van der Waals surface area contributed by atoms with Crippen LogP contribution < -0.4 is 4.74 Å². The summed E-state index contributed by atoms with van der Waals surface area (Å²) in [6, 6.07) is 1.63. The molecule has 0 saturated heterocycles. The number of carboxylic acid groups (broad SMARTS) is 1. The third-order valence-corrected chi connectivity index (χ3v) is 2.73. The van der Waals surface area contributed by atoms with Crippen LogP contribution in [0.15, 0.2) is 16.6 Å². The molecular formula is C8H3BrClF3O3. The Balaban J connectivity index is 3.19. The molecule has 0 aliphatic rings. The fourth-order valence-corrected chi connectivity index (χ4v) is 1.54. The summed E-state index contributed by atoms with van der Waals surface area (Å²) in [7, 11) is 0. The van der Waals surface area contributed by atoms with Crippen molar-refractivity contribution in [3.63, 3.8) is 0 Å². The third-order valence-electron chi connectivity index (χ3n) is 1.47. The molecule has 0 amide bonds. The number of carbonyl (C=O) groups is 1. The van der Waals surface area contributed by atoms with Gasteiger partial charge in [-0.25, -0.2) is 4.79 Å². The van der Waals surface area contributed by atoms with E-state index >= 15 is 0 Å². The van der Waals surface area contributed by atoms with Gasteiger partial charge in [0.1, 0.15) is 5.75 Å². The molecule has 8 heteroatoms. The molecular weight excluding hydrogens is 316 g/mol. The second kappa shape index (κ2) is 4.50. The Morgan fingerprint density at radius 3 is 2.44 bits per heavy atom. The molecule has 0 aliphatic carbocycles. The topological polar surface area (TPSA) is 46.5 Å². The minimum absolute atomic E-state index is 0.00770. The molecule has 0 unspecified atom stereocenters. The first-order valence-corrected chi connectivity index (χ1v) is 4.86. The minimum atomic E-state index is -4.89. The third kappa shape index (κ3) is 3.28. The first kappa shape index (κ1) is 13.1. The SMILES string of the molecule is O=C(O)c1cc(OC(F)(F)F)cc(Br)c1Cl. The van der Waals surface area contributed by atoms with Gasteiger partial charge in [-0.1, -0.05) is 11.6 Å². The molecule has 0 aromatic heterocycles. The van der Waals surface area contributed by atoms with E-state index in [-0.39, 0.29) is 9.50 Å². The molecule has 1 rings (SSSR count). The largest absolute Gasteiger partial charge is 0.573 e. The molecule has 1 aromatic carbocycles. The average Bonchev–Trinajstić information content (AvgIpc) is 2.07. The van der Waals surface area contributed by atoms with Crippen molar-refractivity contribution in [1.29, 1.82) is 0 Å². The van der Waals surface area contributed by atoms with Crippen LogP contribution >= 0.6 is 27.5 Å². The van der Waals surface area contributed by atoms with Crippen LogP contribution in [0.25, 0.3) is 0 Å². The van der Waals surface area contributed by atoms with Gasteiger partial charge in [0, 0.05) is 4.47 Å². The van der Waals surface area contributed by atoms with Gasteiger partial charge in [-0.2, -0.15) is 0 Å². The van der Waals surface area contributed by atoms with Crippen molar-refractivity contribution in [1.82, 2.24) is 0 Å². The predicted molar refractivity (Wildman–Crippen MR) is 52.8 cm³/mol. The van der Waals surface area contributed by atoms with Crippen LogP contribution in [0.1, 0.15) is 10.4 Å². The Morgan fingerprint density at radius 1 is 1.44 bits per heavy atom. The number of hydrogen-bond donors (Lipinski definition) is 1. The minimum Gasteiger partial charge on any atom is -0.478 e. The number of carboxylic acids is 1. The van der Waals surface area contributed by atoms with Crippen LogP contribution in [0.5, 0.6) is 5.75 Å². The monoisotopic (exact) mass is 318 g/mol. The lowest BCUT2D eigenvalue weighted by molar-refractivity contribution is -0.274. The standard InChI is InChI=1S/C8H3BrClF3O3/c9-5-2-3(16-8(11,12)13)1-4(6(5)10)7(14)15/h1-2H,(H,14,15). The fourth-order valence-electron chi connectivity index (χ4n) is 0.912. The highest BCUT2D eigenvalue weighted by Gasteiger charge is 2.32. The number of hydrogen-bond acceptors (Lipinski definition) is 2. The van der Waals surface area contributed by atoms with Crippen LogP contribution in [0.3, 0.4) is 0 Å². The van der Waals surface area contributed by atoms with Crippen LogP contribution in [-0.4, -0.2) is 17.4 Å². The lowest BCUT2D eigenvalue weighted by atomic mass is 10.2. The molecule has 0 fully saturated rings. The zero-order chi connectivity index (χ0) is 12.5. The molecule has 3 nitrogen and oxygen atoms in total.